The second kappa shape index (κ2) is 8.32. The Labute approximate surface area is 195 Å². The minimum atomic E-state index is 0.532. The fourth-order valence-electron chi connectivity index (χ4n) is 3.96. The van der Waals surface area contributed by atoms with E-state index in [1.807, 2.05) is 53.3 Å². The number of rotatable bonds is 3. The zero-order valence-electron chi connectivity index (χ0n) is 16.9. The van der Waals surface area contributed by atoms with Gasteiger partial charge in [0, 0.05) is 53.4 Å². The maximum absolute atomic E-state index is 6.58. The van der Waals surface area contributed by atoms with Gasteiger partial charge in [0.2, 0.25) is 0 Å². The van der Waals surface area contributed by atoms with Crippen molar-refractivity contribution in [1.29, 1.82) is 0 Å². The minimum Gasteiger partial charge on any atom is -0.352 e. The van der Waals surface area contributed by atoms with Crippen LogP contribution in [0.4, 0.5) is 5.82 Å². The topological polar surface area (TPSA) is 37.2 Å². The lowest BCUT2D eigenvalue weighted by molar-refractivity contribution is 0.312. The van der Waals surface area contributed by atoms with Gasteiger partial charge in [0.1, 0.15) is 5.52 Å². The molecule has 5 nitrogen and oxygen atoms in total. The molecule has 1 aliphatic heterocycles. The lowest BCUT2D eigenvalue weighted by Crippen LogP contribution is -2.44. The molecular formula is C23H20Cl3N5. The van der Waals surface area contributed by atoms with Gasteiger partial charge < -0.3 is 9.80 Å². The van der Waals surface area contributed by atoms with E-state index in [2.05, 4.69) is 16.8 Å². The van der Waals surface area contributed by atoms with Gasteiger partial charge in [-0.1, -0.05) is 46.9 Å². The van der Waals surface area contributed by atoms with Crippen LogP contribution in [0.1, 0.15) is 0 Å². The van der Waals surface area contributed by atoms with Gasteiger partial charge >= 0.3 is 0 Å². The molecule has 8 heteroatoms. The van der Waals surface area contributed by atoms with Gasteiger partial charge in [0.05, 0.1) is 16.4 Å². The number of benzene rings is 2. The first-order chi connectivity index (χ1) is 15.0. The van der Waals surface area contributed by atoms with Crippen molar-refractivity contribution in [3.05, 3.63) is 69.8 Å². The predicted molar refractivity (Wildman–Crippen MR) is 129 cm³/mol. The first-order valence-electron chi connectivity index (χ1n) is 10.0. The fraction of sp³-hybridized carbons (Fsp3) is 0.217. The molecule has 0 bridgehead atoms. The van der Waals surface area contributed by atoms with Crippen molar-refractivity contribution in [2.24, 2.45) is 0 Å². The number of nitrogens with zero attached hydrogens (tertiary/aromatic N) is 5. The average Bonchev–Trinajstić information content (AvgIpc) is 3.14. The molecule has 3 heterocycles. The first kappa shape index (κ1) is 20.6. The number of anilines is 1. The molecule has 158 valence electrons. The van der Waals surface area contributed by atoms with Crippen molar-refractivity contribution in [3.8, 4) is 16.9 Å². The van der Waals surface area contributed by atoms with Gasteiger partial charge in [-0.25, -0.2) is 9.67 Å². The van der Waals surface area contributed by atoms with Gasteiger partial charge in [-0.3, -0.25) is 0 Å². The molecule has 2 aromatic heterocycles. The molecule has 0 aliphatic carbocycles. The first-order valence-corrected chi connectivity index (χ1v) is 11.2. The highest BCUT2D eigenvalue weighted by atomic mass is 35.5. The highest BCUT2D eigenvalue weighted by Crippen LogP contribution is 2.37. The summed E-state index contributed by atoms with van der Waals surface area (Å²) in [5, 5.41) is 7.81. The molecule has 0 N–H and O–H groups in total. The zero-order chi connectivity index (χ0) is 21.5. The molecule has 4 aromatic rings. The number of halogens is 3. The van der Waals surface area contributed by atoms with Crippen LogP contribution < -0.4 is 4.90 Å². The van der Waals surface area contributed by atoms with Crippen molar-refractivity contribution in [1.82, 2.24) is 19.7 Å². The van der Waals surface area contributed by atoms with Crippen molar-refractivity contribution in [3.63, 3.8) is 0 Å². The van der Waals surface area contributed by atoms with Crippen molar-refractivity contribution < 1.29 is 0 Å². The van der Waals surface area contributed by atoms with Crippen LogP contribution >= 0.6 is 34.8 Å². The average molecular weight is 473 g/mol. The molecule has 0 amide bonds. The maximum Gasteiger partial charge on any atom is 0.157 e. The quantitative estimate of drug-likeness (QED) is 0.378. The van der Waals surface area contributed by atoms with E-state index in [9.17, 15) is 0 Å². The minimum absolute atomic E-state index is 0.532. The molecular weight excluding hydrogens is 453 g/mol. The van der Waals surface area contributed by atoms with Crippen LogP contribution in [-0.2, 0) is 0 Å². The third kappa shape index (κ3) is 3.87. The number of hydrogen-bond donors (Lipinski definition) is 0. The molecule has 2 aromatic carbocycles. The Kier molecular flexibility index (Phi) is 5.52. The Balaban J connectivity index is 1.75. The number of pyridine rings is 1. The van der Waals surface area contributed by atoms with Crippen LogP contribution in [-0.4, -0.2) is 52.9 Å². The fourth-order valence-corrected chi connectivity index (χ4v) is 4.57. The summed E-state index contributed by atoms with van der Waals surface area (Å²) >= 11 is 18.9. The maximum atomic E-state index is 6.58. The molecule has 0 spiro atoms. The largest absolute Gasteiger partial charge is 0.352 e. The molecule has 1 aliphatic rings. The summed E-state index contributed by atoms with van der Waals surface area (Å²) in [6.45, 7) is 3.80. The number of likely N-dealkylation sites (N-methyl/N-ethyl adjacent to an activating group) is 1. The molecule has 0 saturated carbocycles. The van der Waals surface area contributed by atoms with Gasteiger partial charge in [-0.2, -0.15) is 5.10 Å². The van der Waals surface area contributed by atoms with Crippen LogP contribution in [0, 0.1) is 0 Å². The molecule has 31 heavy (non-hydrogen) atoms. The van der Waals surface area contributed by atoms with Crippen LogP contribution in [0.5, 0.6) is 0 Å². The summed E-state index contributed by atoms with van der Waals surface area (Å²) in [6.07, 6.45) is 1.85. The van der Waals surface area contributed by atoms with Gasteiger partial charge in [0.15, 0.2) is 5.82 Å². The summed E-state index contributed by atoms with van der Waals surface area (Å²) in [5.41, 5.74) is 3.54. The van der Waals surface area contributed by atoms with Crippen molar-refractivity contribution in [2.75, 3.05) is 38.1 Å². The van der Waals surface area contributed by atoms with Crippen LogP contribution in [0.2, 0.25) is 15.1 Å². The monoisotopic (exact) mass is 471 g/mol. The summed E-state index contributed by atoms with van der Waals surface area (Å²) < 4.78 is 1.88. The Morgan fingerprint density at radius 2 is 1.55 bits per heavy atom. The van der Waals surface area contributed by atoms with E-state index < -0.39 is 0 Å². The highest BCUT2D eigenvalue weighted by Gasteiger charge is 2.23. The molecule has 1 fully saturated rings. The molecule has 1 saturated heterocycles. The van der Waals surface area contributed by atoms with E-state index in [0.29, 0.717) is 15.1 Å². The van der Waals surface area contributed by atoms with E-state index in [0.717, 1.165) is 59.8 Å². The number of piperazine rings is 1. The highest BCUT2D eigenvalue weighted by molar-refractivity contribution is 6.35. The molecule has 0 atom stereocenters. The summed E-state index contributed by atoms with van der Waals surface area (Å²) in [5.74, 6) is 0.893. The van der Waals surface area contributed by atoms with Gasteiger partial charge in [-0.15, -0.1) is 0 Å². The molecule has 5 rings (SSSR count). The third-order valence-electron chi connectivity index (χ3n) is 5.63. The van der Waals surface area contributed by atoms with Crippen LogP contribution in [0.15, 0.2) is 54.7 Å². The SMILES string of the molecule is CN1CCN(c2nccc3c(-c4ccc(Cl)cc4)n(-c4ccc(Cl)cc4Cl)nc23)CC1. The van der Waals surface area contributed by atoms with E-state index in [1.54, 1.807) is 6.07 Å². The Morgan fingerprint density at radius 1 is 0.839 bits per heavy atom. The number of aromatic nitrogens is 3. The Bertz CT molecular complexity index is 1240. The van der Waals surface area contributed by atoms with Gasteiger partial charge in [-0.05, 0) is 43.4 Å². The number of fused-ring (bicyclic) bond motifs is 1. The number of hydrogen-bond acceptors (Lipinski definition) is 4. The van der Waals surface area contributed by atoms with E-state index in [4.69, 9.17) is 44.9 Å². The van der Waals surface area contributed by atoms with E-state index in [1.165, 1.54) is 0 Å². The Hall–Kier alpha value is -2.31. The molecule has 0 radical (unpaired) electrons. The van der Waals surface area contributed by atoms with E-state index >= 15 is 0 Å². The summed E-state index contributed by atoms with van der Waals surface area (Å²) in [7, 11) is 2.14. The smallest absolute Gasteiger partial charge is 0.157 e. The summed E-state index contributed by atoms with van der Waals surface area (Å²) in [6, 6.07) is 15.2. The second-order valence-electron chi connectivity index (χ2n) is 7.68. The third-order valence-corrected chi connectivity index (χ3v) is 6.42. The van der Waals surface area contributed by atoms with Crippen molar-refractivity contribution in [2.45, 2.75) is 0 Å². The molecule has 0 unspecified atom stereocenters. The lowest BCUT2D eigenvalue weighted by Gasteiger charge is -2.33. The zero-order valence-corrected chi connectivity index (χ0v) is 19.2. The Morgan fingerprint density at radius 3 is 2.26 bits per heavy atom. The van der Waals surface area contributed by atoms with Gasteiger partial charge in [0.25, 0.3) is 0 Å². The predicted octanol–water partition coefficient (Wildman–Crippen LogP) is 5.80. The summed E-state index contributed by atoms with van der Waals surface area (Å²) in [4.78, 5) is 9.33. The normalized spacial score (nSPS) is 15.0. The van der Waals surface area contributed by atoms with Crippen molar-refractivity contribution >= 4 is 51.5 Å². The van der Waals surface area contributed by atoms with Crippen LogP contribution in [0.3, 0.4) is 0 Å². The van der Waals surface area contributed by atoms with Crippen LogP contribution in [0.25, 0.3) is 27.8 Å². The van der Waals surface area contributed by atoms with E-state index in [-0.39, 0.29) is 0 Å². The lowest BCUT2D eigenvalue weighted by atomic mass is 10.1. The standard InChI is InChI=1S/C23H20Cl3N5/c1-29-10-12-30(13-11-29)23-21-18(8-9-27-23)22(15-2-4-16(24)5-3-15)31(28-21)20-7-6-17(25)14-19(20)26/h2-9,14H,10-13H2,1H3. The second-order valence-corrected chi connectivity index (χ2v) is 8.96.